The second-order valence-corrected chi connectivity index (χ2v) is 7.29. The molecule has 5 nitrogen and oxygen atoms in total. The van der Waals surface area contributed by atoms with Crippen molar-refractivity contribution in [1.82, 2.24) is 0 Å². The Kier molecular flexibility index (Phi) is 5.12. The molecule has 3 rings (SSSR count). The van der Waals surface area contributed by atoms with Crippen LogP contribution >= 0.6 is 0 Å². The number of benzene rings is 2. The van der Waals surface area contributed by atoms with Crippen LogP contribution in [0.2, 0.25) is 0 Å². The minimum absolute atomic E-state index is 0.0372. The molecule has 2 N–H and O–H groups in total. The van der Waals surface area contributed by atoms with Gasteiger partial charge in [-0.3, -0.25) is 9.59 Å². The van der Waals surface area contributed by atoms with Crippen molar-refractivity contribution in [2.45, 2.75) is 26.2 Å². The van der Waals surface area contributed by atoms with E-state index in [1.54, 1.807) is 36.4 Å². The quantitative estimate of drug-likeness (QED) is 0.680. The third kappa shape index (κ3) is 4.64. The molecule has 0 atom stereocenters. The van der Waals surface area contributed by atoms with Gasteiger partial charge in [-0.15, -0.1) is 0 Å². The first-order valence-electron chi connectivity index (χ1n) is 8.70. The Bertz CT molecular complexity index is 936. The zero-order chi connectivity index (χ0) is 19.4. The van der Waals surface area contributed by atoms with E-state index < -0.39 is 0 Å². The van der Waals surface area contributed by atoms with Gasteiger partial charge in [0.05, 0.1) is 6.26 Å². The Balaban J connectivity index is 1.68. The molecule has 0 aliphatic carbocycles. The van der Waals surface area contributed by atoms with Crippen molar-refractivity contribution in [1.29, 1.82) is 0 Å². The van der Waals surface area contributed by atoms with Crippen molar-refractivity contribution in [3.05, 3.63) is 83.8 Å². The number of amides is 2. The largest absolute Gasteiger partial charge is 0.459 e. The van der Waals surface area contributed by atoms with E-state index in [-0.39, 0.29) is 23.0 Å². The molecule has 138 valence electrons. The van der Waals surface area contributed by atoms with Crippen LogP contribution < -0.4 is 10.6 Å². The number of nitrogens with one attached hydrogen (secondary N) is 2. The molecule has 3 aromatic rings. The summed E-state index contributed by atoms with van der Waals surface area (Å²) >= 11 is 0. The van der Waals surface area contributed by atoms with E-state index in [0.29, 0.717) is 16.9 Å². The van der Waals surface area contributed by atoms with Crippen LogP contribution in [0.3, 0.4) is 0 Å². The number of carbonyl (C=O) groups is 2. The highest BCUT2D eigenvalue weighted by Gasteiger charge is 2.14. The number of hydrogen-bond acceptors (Lipinski definition) is 3. The third-order valence-electron chi connectivity index (χ3n) is 4.14. The molecular formula is C22H22N2O3. The second-order valence-electron chi connectivity index (χ2n) is 7.29. The summed E-state index contributed by atoms with van der Waals surface area (Å²) in [4.78, 5) is 24.5. The highest BCUT2D eigenvalue weighted by atomic mass is 16.3. The molecule has 1 heterocycles. The molecule has 1 aromatic heterocycles. The van der Waals surface area contributed by atoms with Gasteiger partial charge in [-0.1, -0.05) is 39.0 Å². The van der Waals surface area contributed by atoms with Crippen LogP contribution in [0, 0.1) is 0 Å². The fourth-order valence-electron chi connectivity index (χ4n) is 2.60. The van der Waals surface area contributed by atoms with Gasteiger partial charge in [0, 0.05) is 16.9 Å². The minimum atomic E-state index is -0.346. The Morgan fingerprint density at radius 3 is 2.00 bits per heavy atom. The van der Waals surface area contributed by atoms with Crippen LogP contribution in [0.4, 0.5) is 11.4 Å². The second kappa shape index (κ2) is 7.50. The first kappa shape index (κ1) is 18.5. The topological polar surface area (TPSA) is 71.3 Å². The minimum Gasteiger partial charge on any atom is -0.459 e. The lowest BCUT2D eigenvalue weighted by Gasteiger charge is -2.19. The average Bonchev–Trinajstić information content (AvgIpc) is 3.16. The van der Waals surface area contributed by atoms with Crippen molar-refractivity contribution in [3.8, 4) is 0 Å². The summed E-state index contributed by atoms with van der Waals surface area (Å²) in [5.74, 6) is -0.324. The molecule has 0 bridgehead atoms. The van der Waals surface area contributed by atoms with Crippen LogP contribution in [0.15, 0.2) is 71.3 Å². The van der Waals surface area contributed by atoms with Gasteiger partial charge >= 0.3 is 0 Å². The highest BCUT2D eigenvalue weighted by molar-refractivity contribution is 6.05. The molecule has 5 heteroatoms. The number of furan rings is 1. The summed E-state index contributed by atoms with van der Waals surface area (Å²) < 4.78 is 5.07. The van der Waals surface area contributed by atoms with Crippen molar-refractivity contribution >= 4 is 23.2 Å². The maximum absolute atomic E-state index is 12.5. The van der Waals surface area contributed by atoms with Crippen LogP contribution in [-0.2, 0) is 5.41 Å². The van der Waals surface area contributed by atoms with E-state index in [2.05, 4.69) is 31.4 Å². The molecule has 0 saturated heterocycles. The number of carbonyl (C=O) groups excluding carboxylic acids is 2. The Morgan fingerprint density at radius 1 is 0.815 bits per heavy atom. The lowest BCUT2D eigenvalue weighted by molar-refractivity contribution is 0.0995. The summed E-state index contributed by atoms with van der Waals surface area (Å²) in [6.07, 6.45) is 1.44. The van der Waals surface area contributed by atoms with E-state index in [1.807, 2.05) is 24.3 Å². The van der Waals surface area contributed by atoms with Gasteiger partial charge in [0.25, 0.3) is 11.8 Å². The predicted molar refractivity (Wildman–Crippen MR) is 106 cm³/mol. The van der Waals surface area contributed by atoms with E-state index in [4.69, 9.17) is 4.42 Å². The van der Waals surface area contributed by atoms with E-state index in [0.717, 1.165) is 0 Å². The molecule has 0 unspecified atom stereocenters. The van der Waals surface area contributed by atoms with Crippen molar-refractivity contribution < 1.29 is 14.0 Å². The molecule has 0 spiro atoms. The lowest BCUT2D eigenvalue weighted by Crippen LogP contribution is -2.15. The average molecular weight is 362 g/mol. The van der Waals surface area contributed by atoms with Gasteiger partial charge in [0.15, 0.2) is 5.76 Å². The maximum Gasteiger partial charge on any atom is 0.291 e. The Morgan fingerprint density at radius 2 is 1.44 bits per heavy atom. The van der Waals surface area contributed by atoms with Crippen LogP contribution in [0.25, 0.3) is 0 Å². The van der Waals surface area contributed by atoms with Crippen LogP contribution in [0.1, 0.15) is 47.2 Å². The molecule has 0 saturated carbocycles. The monoisotopic (exact) mass is 362 g/mol. The Labute approximate surface area is 158 Å². The summed E-state index contributed by atoms with van der Waals surface area (Å²) in [5, 5.41) is 5.59. The molecule has 0 aliphatic heterocycles. The van der Waals surface area contributed by atoms with Gasteiger partial charge in [-0.25, -0.2) is 0 Å². The summed E-state index contributed by atoms with van der Waals surface area (Å²) in [6.45, 7) is 6.39. The maximum atomic E-state index is 12.5. The van der Waals surface area contributed by atoms with E-state index in [9.17, 15) is 9.59 Å². The number of rotatable bonds is 4. The summed E-state index contributed by atoms with van der Waals surface area (Å²) in [6, 6.07) is 17.8. The van der Waals surface area contributed by atoms with Gasteiger partial charge < -0.3 is 15.1 Å². The molecular weight excluding hydrogens is 340 g/mol. The summed E-state index contributed by atoms with van der Waals surface area (Å²) in [7, 11) is 0. The molecule has 27 heavy (non-hydrogen) atoms. The molecule has 0 radical (unpaired) electrons. The first-order valence-corrected chi connectivity index (χ1v) is 8.70. The predicted octanol–water partition coefficient (Wildman–Crippen LogP) is 5.08. The number of anilines is 2. The van der Waals surface area contributed by atoms with E-state index in [1.165, 1.54) is 11.8 Å². The summed E-state index contributed by atoms with van der Waals surface area (Å²) in [5.41, 5.74) is 2.94. The van der Waals surface area contributed by atoms with Crippen molar-refractivity contribution in [3.63, 3.8) is 0 Å². The zero-order valence-electron chi connectivity index (χ0n) is 15.6. The van der Waals surface area contributed by atoms with Gasteiger partial charge in [0.1, 0.15) is 0 Å². The third-order valence-corrected chi connectivity index (χ3v) is 4.14. The molecule has 2 aromatic carbocycles. The fourth-order valence-corrected chi connectivity index (χ4v) is 2.60. The smallest absolute Gasteiger partial charge is 0.291 e. The van der Waals surface area contributed by atoms with Crippen molar-refractivity contribution in [2.75, 3.05) is 10.6 Å². The molecule has 2 amide bonds. The van der Waals surface area contributed by atoms with Crippen molar-refractivity contribution in [2.24, 2.45) is 0 Å². The fraction of sp³-hybridized carbons (Fsp3) is 0.182. The Hall–Kier alpha value is -3.34. The number of hydrogen-bond donors (Lipinski definition) is 2. The van der Waals surface area contributed by atoms with Gasteiger partial charge in [0.2, 0.25) is 0 Å². The standard InChI is InChI=1S/C22H22N2O3/c1-22(2,3)16-11-9-15(10-12-16)20(25)23-17-6-4-7-18(14-17)24-21(26)19-8-5-13-27-19/h4-14H,1-3H3,(H,23,25)(H,24,26). The van der Waals surface area contributed by atoms with Gasteiger partial charge in [-0.2, -0.15) is 0 Å². The highest BCUT2D eigenvalue weighted by Crippen LogP contribution is 2.23. The zero-order valence-corrected chi connectivity index (χ0v) is 15.6. The van der Waals surface area contributed by atoms with Gasteiger partial charge in [-0.05, 0) is 53.4 Å². The SMILES string of the molecule is CC(C)(C)c1ccc(C(=O)Nc2cccc(NC(=O)c3ccco3)c2)cc1. The molecule has 0 fully saturated rings. The van der Waals surface area contributed by atoms with Crippen LogP contribution in [0.5, 0.6) is 0 Å². The lowest BCUT2D eigenvalue weighted by atomic mass is 9.87. The van der Waals surface area contributed by atoms with E-state index >= 15 is 0 Å². The normalized spacial score (nSPS) is 11.1. The van der Waals surface area contributed by atoms with Crippen LogP contribution in [-0.4, -0.2) is 11.8 Å². The molecule has 0 aliphatic rings. The first-order chi connectivity index (χ1) is 12.8.